The van der Waals surface area contributed by atoms with Crippen molar-refractivity contribution in [1.29, 1.82) is 0 Å². The summed E-state index contributed by atoms with van der Waals surface area (Å²) in [6, 6.07) is 22.5. The van der Waals surface area contributed by atoms with Crippen molar-refractivity contribution in [2.75, 3.05) is 38.2 Å². The van der Waals surface area contributed by atoms with E-state index >= 15 is 0 Å². The third-order valence-electron chi connectivity index (χ3n) is 6.19. The number of ether oxygens (including phenoxy) is 1. The molecule has 2 heterocycles. The second-order valence-electron chi connectivity index (χ2n) is 8.28. The lowest BCUT2D eigenvalue weighted by atomic mass is 10.1. The lowest BCUT2D eigenvalue weighted by Crippen LogP contribution is -2.49. The summed E-state index contributed by atoms with van der Waals surface area (Å²) < 4.78 is 19.0. The summed E-state index contributed by atoms with van der Waals surface area (Å²) in [5, 5.41) is 1.92. The highest BCUT2D eigenvalue weighted by atomic mass is 32.2. The van der Waals surface area contributed by atoms with E-state index in [-0.39, 0.29) is 11.7 Å². The average Bonchev–Trinajstić information content (AvgIpc) is 3.21. The van der Waals surface area contributed by atoms with Gasteiger partial charge in [0.25, 0.3) is 0 Å². The molecule has 3 aromatic carbocycles. The zero-order valence-corrected chi connectivity index (χ0v) is 19.8. The molecule has 0 bridgehead atoms. The van der Waals surface area contributed by atoms with Crippen molar-refractivity contribution in [3.63, 3.8) is 0 Å². The van der Waals surface area contributed by atoms with Crippen LogP contribution in [0.1, 0.15) is 5.56 Å². The van der Waals surface area contributed by atoms with Gasteiger partial charge in [-0.05, 0) is 48.5 Å². The monoisotopic (exact) mass is 475 g/mol. The van der Waals surface area contributed by atoms with Gasteiger partial charge in [0.1, 0.15) is 11.6 Å². The maximum Gasteiger partial charge on any atom is 0.227 e. The Kier molecular flexibility index (Phi) is 6.45. The van der Waals surface area contributed by atoms with E-state index in [4.69, 9.17) is 4.74 Å². The normalized spacial score (nSPS) is 13.9. The number of rotatable bonds is 6. The molecule has 34 heavy (non-hydrogen) atoms. The fourth-order valence-electron chi connectivity index (χ4n) is 4.36. The molecule has 0 aliphatic carbocycles. The van der Waals surface area contributed by atoms with Gasteiger partial charge in [0.15, 0.2) is 0 Å². The number of nitrogens with one attached hydrogen (secondary N) is 1. The van der Waals surface area contributed by atoms with Crippen LogP contribution in [-0.4, -0.2) is 49.1 Å². The van der Waals surface area contributed by atoms with Crippen molar-refractivity contribution in [3.8, 4) is 5.75 Å². The third kappa shape index (κ3) is 4.75. The van der Waals surface area contributed by atoms with Crippen LogP contribution in [0.3, 0.4) is 0 Å². The molecule has 1 amide bonds. The van der Waals surface area contributed by atoms with Crippen LogP contribution in [0, 0.1) is 5.82 Å². The Bertz CT molecular complexity index is 1300. The minimum atomic E-state index is -0.270. The number of carbonyl (C=O) groups excluding carboxylic acids is 1. The average molecular weight is 476 g/mol. The lowest BCUT2D eigenvalue weighted by Gasteiger charge is -2.36. The van der Waals surface area contributed by atoms with Crippen LogP contribution in [-0.2, 0) is 11.2 Å². The maximum atomic E-state index is 13.7. The molecule has 7 heteroatoms. The Hall–Kier alpha value is -3.45. The minimum Gasteiger partial charge on any atom is -0.497 e. The number of piperazine rings is 1. The van der Waals surface area contributed by atoms with E-state index in [9.17, 15) is 9.18 Å². The molecule has 0 spiro atoms. The highest BCUT2D eigenvalue weighted by molar-refractivity contribution is 7.99. The molecule has 0 saturated carbocycles. The summed E-state index contributed by atoms with van der Waals surface area (Å²) in [4.78, 5) is 21.8. The predicted octanol–water partition coefficient (Wildman–Crippen LogP) is 5.36. The van der Waals surface area contributed by atoms with E-state index in [2.05, 4.69) is 22.0 Å². The molecule has 0 atom stereocenters. The summed E-state index contributed by atoms with van der Waals surface area (Å²) in [6.07, 6.45) is 0.310. The topological polar surface area (TPSA) is 48.6 Å². The van der Waals surface area contributed by atoms with Crippen molar-refractivity contribution in [3.05, 3.63) is 84.2 Å². The van der Waals surface area contributed by atoms with Gasteiger partial charge in [0.05, 0.1) is 18.6 Å². The Balaban J connectivity index is 1.30. The molecule has 1 N–H and O–H groups in total. The molecule has 1 aromatic heterocycles. The van der Waals surface area contributed by atoms with Gasteiger partial charge in [0, 0.05) is 53.2 Å². The first-order valence-electron chi connectivity index (χ1n) is 11.3. The second kappa shape index (κ2) is 9.81. The SMILES string of the molecule is COc1ccc(N2CCN(C(=O)Cc3c(Sc4cccc(F)c4)[nH]c4ccccc34)CC2)cc1. The van der Waals surface area contributed by atoms with Gasteiger partial charge in [-0.3, -0.25) is 4.79 Å². The number of H-pyrrole nitrogens is 1. The first-order chi connectivity index (χ1) is 16.6. The van der Waals surface area contributed by atoms with Crippen LogP contribution in [0.25, 0.3) is 10.9 Å². The number of carbonyl (C=O) groups is 1. The van der Waals surface area contributed by atoms with Crippen molar-refractivity contribution < 1.29 is 13.9 Å². The van der Waals surface area contributed by atoms with Gasteiger partial charge in [-0.25, -0.2) is 4.39 Å². The number of amides is 1. The van der Waals surface area contributed by atoms with E-state index in [0.717, 1.165) is 50.9 Å². The molecule has 1 aliphatic heterocycles. The summed E-state index contributed by atoms with van der Waals surface area (Å²) >= 11 is 1.46. The number of nitrogens with zero attached hydrogens (tertiary/aromatic N) is 2. The molecular weight excluding hydrogens is 449 g/mol. The number of fused-ring (bicyclic) bond motifs is 1. The summed E-state index contributed by atoms with van der Waals surface area (Å²) in [6.45, 7) is 2.94. The lowest BCUT2D eigenvalue weighted by molar-refractivity contribution is -0.130. The smallest absolute Gasteiger partial charge is 0.227 e. The minimum absolute atomic E-state index is 0.111. The van der Waals surface area contributed by atoms with Gasteiger partial charge in [-0.15, -0.1) is 0 Å². The van der Waals surface area contributed by atoms with Crippen LogP contribution in [0.15, 0.2) is 82.7 Å². The molecule has 0 unspecified atom stereocenters. The van der Waals surface area contributed by atoms with E-state index in [1.807, 2.05) is 47.4 Å². The summed E-state index contributed by atoms with van der Waals surface area (Å²) in [7, 11) is 1.66. The Morgan fingerprint density at radius 2 is 1.76 bits per heavy atom. The predicted molar refractivity (Wildman–Crippen MR) is 134 cm³/mol. The molecule has 174 valence electrons. The number of aromatic amines is 1. The van der Waals surface area contributed by atoms with Crippen LogP contribution >= 0.6 is 11.8 Å². The van der Waals surface area contributed by atoms with Crippen LogP contribution in [0.5, 0.6) is 5.75 Å². The number of anilines is 1. The van der Waals surface area contributed by atoms with Gasteiger partial charge < -0.3 is 19.5 Å². The highest BCUT2D eigenvalue weighted by Crippen LogP contribution is 2.35. The van der Waals surface area contributed by atoms with Crippen LogP contribution in [0.4, 0.5) is 10.1 Å². The zero-order chi connectivity index (χ0) is 23.5. The van der Waals surface area contributed by atoms with Crippen LogP contribution in [0.2, 0.25) is 0 Å². The fraction of sp³-hybridized carbons (Fsp3) is 0.222. The van der Waals surface area contributed by atoms with E-state index < -0.39 is 0 Å². The standard InChI is InChI=1S/C27H26FN3O2S/c1-33-21-11-9-20(10-12-21)30-13-15-31(16-14-30)26(32)18-24-23-7-2-3-8-25(23)29-27(24)34-22-6-4-5-19(28)17-22/h2-12,17,29H,13-16,18H2,1H3. The van der Waals surface area contributed by atoms with Gasteiger partial charge >= 0.3 is 0 Å². The maximum absolute atomic E-state index is 13.7. The number of para-hydroxylation sites is 1. The number of hydrogen-bond donors (Lipinski definition) is 1. The summed E-state index contributed by atoms with van der Waals surface area (Å²) in [5.41, 5.74) is 3.08. The molecule has 4 aromatic rings. The number of methoxy groups -OCH3 is 1. The Labute approximate surface area is 202 Å². The number of aromatic nitrogens is 1. The van der Waals surface area contributed by atoms with Gasteiger partial charge in [-0.1, -0.05) is 36.0 Å². The quantitative estimate of drug-likeness (QED) is 0.408. The molecule has 1 saturated heterocycles. The van der Waals surface area contributed by atoms with Gasteiger partial charge in [0.2, 0.25) is 5.91 Å². The van der Waals surface area contributed by atoms with Crippen molar-refractivity contribution >= 4 is 34.3 Å². The molecule has 1 aliphatic rings. The Morgan fingerprint density at radius 3 is 2.50 bits per heavy atom. The number of benzene rings is 3. The molecule has 5 rings (SSSR count). The second-order valence-corrected chi connectivity index (χ2v) is 9.36. The Morgan fingerprint density at radius 1 is 1.00 bits per heavy atom. The third-order valence-corrected chi connectivity index (χ3v) is 7.23. The molecule has 1 fully saturated rings. The van der Waals surface area contributed by atoms with E-state index in [1.165, 1.54) is 23.9 Å². The zero-order valence-electron chi connectivity index (χ0n) is 19.0. The molecular formula is C27H26FN3O2S. The molecule has 5 nitrogen and oxygen atoms in total. The van der Waals surface area contributed by atoms with E-state index in [1.54, 1.807) is 13.2 Å². The number of halogens is 1. The molecule has 0 radical (unpaired) electrons. The summed E-state index contributed by atoms with van der Waals surface area (Å²) in [5.74, 6) is 0.678. The van der Waals surface area contributed by atoms with Crippen molar-refractivity contribution in [2.24, 2.45) is 0 Å². The largest absolute Gasteiger partial charge is 0.497 e. The van der Waals surface area contributed by atoms with Crippen LogP contribution < -0.4 is 9.64 Å². The highest BCUT2D eigenvalue weighted by Gasteiger charge is 2.24. The van der Waals surface area contributed by atoms with E-state index in [0.29, 0.717) is 19.5 Å². The first-order valence-corrected chi connectivity index (χ1v) is 12.1. The van der Waals surface area contributed by atoms with Crippen molar-refractivity contribution in [1.82, 2.24) is 9.88 Å². The first kappa shape index (κ1) is 22.3. The number of hydrogen-bond acceptors (Lipinski definition) is 4. The van der Waals surface area contributed by atoms with Gasteiger partial charge in [-0.2, -0.15) is 0 Å². The van der Waals surface area contributed by atoms with Crippen molar-refractivity contribution in [2.45, 2.75) is 16.3 Å². The fourth-order valence-corrected chi connectivity index (χ4v) is 5.38.